The molecule has 0 N–H and O–H groups in total. The van der Waals surface area contributed by atoms with Crippen molar-refractivity contribution in [2.24, 2.45) is 17.8 Å². The number of allylic oxidation sites excluding steroid dienone is 4. The molecule has 162 valence electrons. The highest BCUT2D eigenvalue weighted by atomic mass is 14.5. The number of hydrogen-bond acceptors (Lipinski definition) is 0. The van der Waals surface area contributed by atoms with Gasteiger partial charge in [-0.05, 0) is 62.1 Å². The van der Waals surface area contributed by atoms with Crippen molar-refractivity contribution in [2.45, 2.75) is 46.0 Å². The molecule has 0 saturated heterocycles. The topological polar surface area (TPSA) is 0 Å². The quantitative estimate of drug-likeness (QED) is 0.375. The second-order valence-electron chi connectivity index (χ2n) is 10.1. The molecule has 0 nitrogen and oxygen atoms in total. The number of rotatable bonds is 4. The van der Waals surface area contributed by atoms with Gasteiger partial charge in [0.1, 0.15) is 0 Å². The molecule has 0 amide bonds. The summed E-state index contributed by atoms with van der Waals surface area (Å²) in [6, 6.07) is 27.8. The van der Waals surface area contributed by atoms with Crippen molar-refractivity contribution in [1.29, 1.82) is 0 Å². The molecule has 3 aromatic carbocycles. The summed E-state index contributed by atoms with van der Waals surface area (Å²) in [7, 11) is 0. The zero-order valence-electron chi connectivity index (χ0n) is 19.8. The molecule has 2 aliphatic rings. The van der Waals surface area contributed by atoms with Gasteiger partial charge < -0.3 is 0 Å². The minimum absolute atomic E-state index is 0.213. The second-order valence-corrected chi connectivity index (χ2v) is 10.1. The fourth-order valence-electron chi connectivity index (χ4n) is 6.58. The van der Waals surface area contributed by atoms with Gasteiger partial charge in [-0.2, -0.15) is 0 Å². The van der Waals surface area contributed by atoms with Crippen molar-refractivity contribution >= 4 is 0 Å². The molecule has 0 aliphatic heterocycles. The normalized spacial score (nSPS) is 22.5. The highest BCUT2D eigenvalue weighted by molar-refractivity contribution is 5.56. The molecule has 2 aliphatic carbocycles. The summed E-state index contributed by atoms with van der Waals surface area (Å²) in [6.07, 6.45) is 9.55. The lowest BCUT2D eigenvalue weighted by Gasteiger charge is -2.45. The monoisotopic (exact) mass is 418 g/mol. The van der Waals surface area contributed by atoms with Crippen molar-refractivity contribution in [3.8, 4) is 0 Å². The largest absolute Gasteiger partial charge is 0.0839 e. The van der Waals surface area contributed by atoms with E-state index in [4.69, 9.17) is 0 Å². The van der Waals surface area contributed by atoms with Crippen LogP contribution in [0.4, 0.5) is 0 Å². The summed E-state index contributed by atoms with van der Waals surface area (Å²) in [5.74, 6) is 1.70. The lowest BCUT2D eigenvalue weighted by molar-refractivity contribution is 0.342. The molecule has 32 heavy (non-hydrogen) atoms. The van der Waals surface area contributed by atoms with E-state index in [2.05, 4.69) is 119 Å². The van der Waals surface area contributed by atoms with Crippen molar-refractivity contribution in [3.63, 3.8) is 0 Å². The van der Waals surface area contributed by atoms with E-state index in [9.17, 15) is 0 Å². The molecule has 0 radical (unpaired) electrons. The predicted molar refractivity (Wildman–Crippen MR) is 136 cm³/mol. The van der Waals surface area contributed by atoms with Gasteiger partial charge in [-0.15, -0.1) is 0 Å². The van der Waals surface area contributed by atoms with Crippen LogP contribution in [0.25, 0.3) is 0 Å². The molecular formula is C32H34. The number of fused-ring (bicyclic) bond motifs is 1. The minimum Gasteiger partial charge on any atom is -0.0839 e. The Bertz CT molecular complexity index is 1080. The summed E-state index contributed by atoms with van der Waals surface area (Å²) in [4.78, 5) is 0. The Hall–Kier alpha value is -2.86. The molecular weight excluding hydrogens is 384 g/mol. The molecule has 0 aromatic heterocycles. The molecule has 3 unspecified atom stereocenters. The third-order valence-corrected chi connectivity index (χ3v) is 7.79. The third-order valence-electron chi connectivity index (χ3n) is 7.79. The van der Waals surface area contributed by atoms with Gasteiger partial charge in [-0.3, -0.25) is 0 Å². The van der Waals surface area contributed by atoms with E-state index in [1.54, 1.807) is 5.57 Å². The van der Waals surface area contributed by atoms with E-state index in [1.165, 1.54) is 46.2 Å². The summed E-state index contributed by atoms with van der Waals surface area (Å²) in [6.45, 7) is 9.17. The van der Waals surface area contributed by atoms with Crippen LogP contribution in [0.1, 0.15) is 53.1 Å². The van der Waals surface area contributed by atoms with Crippen molar-refractivity contribution in [3.05, 3.63) is 130 Å². The summed E-state index contributed by atoms with van der Waals surface area (Å²) < 4.78 is 0. The minimum atomic E-state index is -0.213. The van der Waals surface area contributed by atoms with E-state index in [0.717, 1.165) is 0 Å². The highest BCUT2D eigenvalue weighted by Gasteiger charge is 2.52. The van der Waals surface area contributed by atoms with E-state index in [1.807, 2.05) is 0 Å². The first-order valence-electron chi connectivity index (χ1n) is 12.1. The van der Waals surface area contributed by atoms with Crippen LogP contribution in [0.5, 0.6) is 0 Å². The summed E-state index contributed by atoms with van der Waals surface area (Å²) in [5.41, 5.74) is 9.66. The summed E-state index contributed by atoms with van der Waals surface area (Å²) >= 11 is 0. The number of aryl methyl sites for hydroxylation is 3. The molecule has 1 fully saturated rings. The van der Waals surface area contributed by atoms with Crippen LogP contribution in [0.3, 0.4) is 0 Å². The molecule has 0 heterocycles. The van der Waals surface area contributed by atoms with Crippen molar-refractivity contribution in [2.75, 3.05) is 0 Å². The number of hydrogen-bond donors (Lipinski definition) is 0. The standard InChI is InChI=1S/C32H34/c1-22-10-7-14-27(18-22)32(28-15-8-11-23(2)19-28,29-16-9-12-24(3)20-29)31-25(4)21-26-13-5-6-17-30(26)31/h5-12,14-20,25-26,31H,13,21H2,1-4H3. The lowest BCUT2D eigenvalue weighted by atomic mass is 9.57. The molecule has 3 aromatic rings. The van der Waals surface area contributed by atoms with E-state index < -0.39 is 0 Å². The second kappa shape index (κ2) is 8.24. The van der Waals surface area contributed by atoms with Gasteiger partial charge in [0.2, 0.25) is 0 Å². The Kier molecular flexibility index (Phi) is 5.41. The van der Waals surface area contributed by atoms with Crippen LogP contribution < -0.4 is 0 Å². The smallest absolute Gasteiger partial charge is 0.0519 e. The molecule has 3 atom stereocenters. The van der Waals surface area contributed by atoms with E-state index in [0.29, 0.717) is 17.8 Å². The highest BCUT2D eigenvalue weighted by Crippen LogP contribution is 2.58. The van der Waals surface area contributed by atoms with Crippen LogP contribution in [0.2, 0.25) is 0 Å². The van der Waals surface area contributed by atoms with Crippen LogP contribution in [0.15, 0.2) is 96.6 Å². The average Bonchev–Trinajstić information content (AvgIpc) is 3.11. The van der Waals surface area contributed by atoms with Gasteiger partial charge in [-0.1, -0.05) is 120 Å². The fourth-order valence-corrected chi connectivity index (χ4v) is 6.58. The predicted octanol–water partition coefficient (Wildman–Crippen LogP) is 8.10. The van der Waals surface area contributed by atoms with Crippen LogP contribution in [0, 0.1) is 38.5 Å². The van der Waals surface area contributed by atoms with Crippen LogP contribution in [-0.2, 0) is 5.41 Å². The molecule has 0 heteroatoms. The van der Waals surface area contributed by atoms with E-state index >= 15 is 0 Å². The Morgan fingerprint density at radius 3 is 1.69 bits per heavy atom. The van der Waals surface area contributed by atoms with Gasteiger partial charge in [0.05, 0.1) is 5.41 Å². The maximum absolute atomic E-state index is 2.49. The first-order valence-corrected chi connectivity index (χ1v) is 12.1. The van der Waals surface area contributed by atoms with Gasteiger partial charge in [0, 0.05) is 5.92 Å². The van der Waals surface area contributed by atoms with Crippen LogP contribution >= 0.6 is 0 Å². The first-order chi connectivity index (χ1) is 15.5. The molecule has 0 spiro atoms. The van der Waals surface area contributed by atoms with Gasteiger partial charge >= 0.3 is 0 Å². The van der Waals surface area contributed by atoms with Crippen molar-refractivity contribution < 1.29 is 0 Å². The van der Waals surface area contributed by atoms with Crippen molar-refractivity contribution in [1.82, 2.24) is 0 Å². The summed E-state index contributed by atoms with van der Waals surface area (Å²) in [5, 5.41) is 0. The van der Waals surface area contributed by atoms with E-state index in [-0.39, 0.29) is 5.41 Å². The maximum atomic E-state index is 2.49. The SMILES string of the molecule is Cc1cccc(C(c2cccc(C)c2)(c2cccc(C)c2)C2C3=CC=CCC3CC2C)c1. The number of benzene rings is 3. The Morgan fingerprint density at radius 1 is 0.719 bits per heavy atom. The van der Waals surface area contributed by atoms with Gasteiger partial charge in [0.25, 0.3) is 0 Å². The average molecular weight is 419 g/mol. The zero-order valence-corrected chi connectivity index (χ0v) is 19.8. The Balaban J connectivity index is 1.91. The Labute approximate surface area is 193 Å². The zero-order chi connectivity index (χ0) is 22.3. The lowest BCUT2D eigenvalue weighted by Crippen LogP contribution is -2.40. The van der Waals surface area contributed by atoms with Gasteiger partial charge in [0.15, 0.2) is 0 Å². The fraction of sp³-hybridized carbons (Fsp3) is 0.312. The molecule has 1 saturated carbocycles. The Morgan fingerprint density at radius 2 is 1.22 bits per heavy atom. The van der Waals surface area contributed by atoms with Crippen LogP contribution in [-0.4, -0.2) is 0 Å². The molecule has 5 rings (SSSR count). The van der Waals surface area contributed by atoms with Gasteiger partial charge in [-0.25, -0.2) is 0 Å². The first kappa shape index (κ1) is 21.0. The maximum Gasteiger partial charge on any atom is 0.0519 e. The molecule has 0 bridgehead atoms. The third kappa shape index (κ3) is 3.37.